The van der Waals surface area contributed by atoms with E-state index in [-0.39, 0.29) is 17.9 Å². The van der Waals surface area contributed by atoms with E-state index in [1.54, 1.807) is 6.08 Å². The predicted molar refractivity (Wildman–Crippen MR) is 110 cm³/mol. The summed E-state index contributed by atoms with van der Waals surface area (Å²) in [7, 11) is -3.45. The van der Waals surface area contributed by atoms with Gasteiger partial charge in [-0.25, -0.2) is 8.42 Å². The lowest BCUT2D eigenvalue weighted by molar-refractivity contribution is -0.126. The van der Waals surface area contributed by atoms with Crippen LogP contribution >= 0.6 is 0 Å². The summed E-state index contributed by atoms with van der Waals surface area (Å²) in [5.41, 5.74) is 0.853. The number of carbonyl (C=O) groups excluding carboxylic acids is 1. The maximum absolute atomic E-state index is 12.5. The predicted octanol–water partition coefficient (Wildman–Crippen LogP) is 3.64. The number of amides is 1. The number of nitrogens with one attached hydrogen (secondary N) is 1. The second-order valence-electron chi connectivity index (χ2n) is 7.81. The summed E-state index contributed by atoms with van der Waals surface area (Å²) in [6.45, 7) is 7.17. The molecule has 1 aromatic rings. The molecule has 6 heteroatoms. The minimum absolute atomic E-state index is 0.0585. The molecule has 5 nitrogen and oxygen atoms in total. The Kier molecular flexibility index (Phi) is 8.05. The molecular formula is C21H32N2O3S. The van der Waals surface area contributed by atoms with Crippen molar-refractivity contribution in [3.8, 4) is 0 Å². The highest BCUT2D eigenvalue weighted by Gasteiger charge is 2.30. The smallest absolute Gasteiger partial charge is 0.236 e. The molecule has 0 saturated carbocycles. The van der Waals surface area contributed by atoms with Crippen molar-refractivity contribution < 1.29 is 13.2 Å². The first kappa shape index (κ1) is 21.6. The van der Waals surface area contributed by atoms with Crippen LogP contribution in [0.25, 0.3) is 6.08 Å². The zero-order chi connectivity index (χ0) is 19.9. The van der Waals surface area contributed by atoms with E-state index in [1.165, 1.54) is 9.71 Å². The van der Waals surface area contributed by atoms with Gasteiger partial charge in [0.05, 0.1) is 0 Å². The van der Waals surface area contributed by atoms with Gasteiger partial charge >= 0.3 is 0 Å². The number of benzene rings is 1. The van der Waals surface area contributed by atoms with E-state index in [2.05, 4.69) is 19.2 Å². The van der Waals surface area contributed by atoms with Gasteiger partial charge in [-0.15, -0.1) is 0 Å². The van der Waals surface area contributed by atoms with Crippen LogP contribution in [0.15, 0.2) is 35.7 Å². The maximum Gasteiger partial charge on any atom is 0.236 e. The minimum atomic E-state index is -3.45. The second-order valence-corrected chi connectivity index (χ2v) is 9.63. The van der Waals surface area contributed by atoms with Crippen molar-refractivity contribution >= 4 is 22.0 Å². The van der Waals surface area contributed by atoms with Crippen LogP contribution in [0.4, 0.5) is 0 Å². The molecule has 150 valence electrons. The topological polar surface area (TPSA) is 66.5 Å². The molecule has 1 fully saturated rings. The van der Waals surface area contributed by atoms with E-state index >= 15 is 0 Å². The molecule has 0 bridgehead atoms. The van der Waals surface area contributed by atoms with E-state index in [0.29, 0.717) is 31.8 Å². The third kappa shape index (κ3) is 7.11. The lowest BCUT2D eigenvalue weighted by atomic mass is 9.96. The summed E-state index contributed by atoms with van der Waals surface area (Å²) >= 11 is 0. The summed E-state index contributed by atoms with van der Waals surface area (Å²) in [4.78, 5) is 12.4. The fourth-order valence-electron chi connectivity index (χ4n) is 3.20. The number of hydrogen-bond acceptors (Lipinski definition) is 3. The SMILES string of the molecule is CC(C)CCC(C)NC(=O)C1CCN(S(=O)(=O)C=Cc2ccccc2)CC1. The number of nitrogens with zero attached hydrogens (tertiary/aromatic N) is 1. The van der Waals surface area contributed by atoms with Crippen LogP contribution in [0, 0.1) is 11.8 Å². The van der Waals surface area contributed by atoms with Crippen molar-refractivity contribution in [2.24, 2.45) is 11.8 Å². The Hall–Kier alpha value is -1.66. The minimum Gasteiger partial charge on any atom is -0.353 e. The van der Waals surface area contributed by atoms with Gasteiger partial charge in [-0.3, -0.25) is 4.79 Å². The molecule has 1 amide bonds. The number of hydrogen-bond donors (Lipinski definition) is 1. The Morgan fingerprint density at radius 2 is 1.78 bits per heavy atom. The highest BCUT2D eigenvalue weighted by molar-refractivity contribution is 7.92. The Labute approximate surface area is 163 Å². The summed E-state index contributed by atoms with van der Waals surface area (Å²) < 4.78 is 26.5. The van der Waals surface area contributed by atoms with E-state index < -0.39 is 10.0 Å². The standard InChI is InChI=1S/C21H32N2O3S/c1-17(2)9-10-18(3)22-21(24)20-11-14-23(15-12-20)27(25,26)16-13-19-7-5-4-6-8-19/h4-8,13,16-18,20H,9-12,14-15H2,1-3H3,(H,22,24). The molecule has 1 heterocycles. The summed E-state index contributed by atoms with van der Waals surface area (Å²) in [5, 5.41) is 4.34. The van der Waals surface area contributed by atoms with Gasteiger partial charge < -0.3 is 5.32 Å². The van der Waals surface area contributed by atoms with Crippen LogP contribution in [0.2, 0.25) is 0 Å². The Morgan fingerprint density at radius 1 is 1.15 bits per heavy atom. The summed E-state index contributed by atoms with van der Waals surface area (Å²) in [5.74, 6) is 0.584. The zero-order valence-corrected chi connectivity index (χ0v) is 17.4. The van der Waals surface area contributed by atoms with Gasteiger partial charge in [-0.2, -0.15) is 4.31 Å². The first-order chi connectivity index (χ1) is 12.8. The van der Waals surface area contributed by atoms with Gasteiger partial charge in [0, 0.05) is 30.5 Å². The van der Waals surface area contributed by atoms with E-state index in [1.807, 2.05) is 37.3 Å². The lowest BCUT2D eigenvalue weighted by Crippen LogP contribution is -2.44. The van der Waals surface area contributed by atoms with Gasteiger partial charge in [0.1, 0.15) is 0 Å². The van der Waals surface area contributed by atoms with Crippen LogP contribution in [0.5, 0.6) is 0 Å². The van der Waals surface area contributed by atoms with Crippen molar-refractivity contribution in [3.63, 3.8) is 0 Å². The molecule has 1 aliphatic rings. The number of rotatable bonds is 8. The van der Waals surface area contributed by atoms with Gasteiger partial charge in [0.15, 0.2) is 0 Å². The Morgan fingerprint density at radius 3 is 2.37 bits per heavy atom. The normalized spacial score (nSPS) is 18.1. The molecule has 1 aromatic carbocycles. The average molecular weight is 393 g/mol. The average Bonchev–Trinajstić information content (AvgIpc) is 2.66. The number of sulfonamides is 1. The molecular weight excluding hydrogens is 360 g/mol. The molecule has 27 heavy (non-hydrogen) atoms. The van der Waals surface area contributed by atoms with Crippen LogP contribution < -0.4 is 5.32 Å². The zero-order valence-electron chi connectivity index (χ0n) is 16.6. The molecule has 0 radical (unpaired) electrons. The van der Waals surface area contributed by atoms with Crippen molar-refractivity contribution in [3.05, 3.63) is 41.3 Å². The third-order valence-electron chi connectivity index (χ3n) is 4.98. The molecule has 0 aromatic heterocycles. The molecule has 0 aliphatic carbocycles. The summed E-state index contributed by atoms with van der Waals surface area (Å²) in [6, 6.07) is 9.53. The fraction of sp³-hybridized carbons (Fsp3) is 0.571. The van der Waals surface area contributed by atoms with Gasteiger partial charge in [0.25, 0.3) is 0 Å². The molecule has 0 spiro atoms. The van der Waals surface area contributed by atoms with Gasteiger partial charge in [0.2, 0.25) is 15.9 Å². The van der Waals surface area contributed by atoms with Crippen molar-refractivity contribution in [2.45, 2.75) is 52.5 Å². The lowest BCUT2D eigenvalue weighted by Gasteiger charge is -2.30. The quantitative estimate of drug-likeness (QED) is 0.734. The first-order valence-corrected chi connectivity index (χ1v) is 11.3. The molecule has 1 saturated heterocycles. The third-order valence-corrected chi connectivity index (χ3v) is 6.55. The Balaban J connectivity index is 1.83. The molecule has 1 unspecified atom stereocenters. The van der Waals surface area contributed by atoms with E-state index in [9.17, 15) is 13.2 Å². The van der Waals surface area contributed by atoms with Gasteiger partial charge in [-0.1, -0.05) is 44.2 Å². The van der Waals surface area contributed by atoms with Crippen LogP contribution in [-0.2, 0) is 14.8 Å². The van der Waals surface area contributed by atoms with Crippen molar-refractivity contribution in [2.75, 3.05) is 13.1 Å². The maximum atomic E-state index is 12.5. The van der Waals surface area contributed by atoms with Gasteiger partial charge in [-0.05, 0) is 50.2 Å². The first-order valence-electron chi connectivity index (χ1n) is 9.81. The monoisotopic (exact) mass is 392 g/mol. The molecule has 1 N–H and O–H groups in total. The van der Waals surface area contributed by atoms with Crippen molar-refractivity contribution in [1.82, 2.24) is 9.62 Å². The van der Waals surface area contributed by atoms with E-state index in [4.69, 9.17) is 0 Å². The fourth-order valence-corrected chi connectivity index (χ4v) is 4.42. The number of carbonyl (C=O) groups is 1. The van der Waals surface area contributed by atoms with E-state index in [0.717, 1.165) is 18.4 Å². The Bertz CT molecular complexity index is 721. The molecule has 1 atom stereocenters. The van der Waals surface area contributed by atoms with Crippen LogP contribution in [-0.4, -0.2) is 37.8 Å². The summed E-state index contributed by atoms with van der Waals surface area (Å²) in [6.07, 6.45) is 4.82. The number of piperidine rings is 1. The molecule has 2 rings (SSSR count). The van der Waals surface area contributed by atoms with Crippen LogP contribution in [0.3, 0.4) is 0 Å². The highest BCUT2D eigenvalue weighted by atomic mass is 32.2. The largest absolute Gasteiger partial charge is 0.353 e. The van der Waals surface area contributed by atoms with Crippen molar-refractivity contribution in [1.29, 1.82) is 0 Å². The highest BCUT2D eigenvalue weighted by Crippen LogP contribution is 2.21. The second kappa shape index (κ2) is 10.0. The molecule has 1 aliphatic heterocycles. The van der Waals surface area contributed by atoms with Crippen LogP contribution in [0.1, 0.15) is 52.0 Å².